The van der Waals surface area contributed by atoms with Gasteiger partial charge in [0.1, 0.15) is 6.07 Å². The molecule has 2 amide bonds. The summed E-state index contributed by atoms with van der Waals surface area (Å²) in [6, 6.07) is 7.28. The van der Waals surface area contributed by atoms with E-state index in [-0.39, 0.29) is 71.7 Å². The lowest BCUT2D eigenvalue weighted by atomic mass is 10.0. The summed E-state index contributed by atoms with van der Waals surface area (Å²) in [7, 11) is 0. The molecule has 5 N–H and O–H groups in total. The first-order valence-electron chi connectivity index (χ1n) is 12.9. The van der Waals surface area contributed by atoms with Crippen LogP contribution in [-0.4, -0.2) is 58.9 Å². The predicted molar refractivity (Wildman–Crippen MR) is 150 cm³/mol. The zero-order chi connectivity index (χ0) is 30.9. The fourth-order valence-corrected chi connectivity index (χ4v) is 4.30. The van der Waals surface area contributed by atoms with Crippen LogP contribution in [0.4, 0.5) is 20.3 Å². The summed E-state index contributed by atoms with van der Waals surface area (Å²) in [5.41, 5.74) is 6.55. The number of ether oxygens (including phenoxy) is 2. The predicted octanol–water partition coefficient (Wildman–Crippen LogP) is 2.22. The second kappa shape index (κ2) is 13.8. The average molecular weight is 593 g/mol. The van der Waals surface area contributed by atoms with E-state index in [0.717, 1.165) is 0 Å². The van der Waals surface area contributed by atoms with E-state index in [0.29, 0.717) is 12.0 Å². The van der Waals surface area contributed by atoms with Gasteiger partial charge in [0.2, 0.25) is 11.7 Å². The van der Waals surface area contributed by atoms with Crippen molar-refractivity contribution in [1.29, 1.82) is 5.26 Å². The lowest BCUT2D eigenvalue weighted by Gasteiger charge is -2.17. The van der Waals surface area contributed by atoms with Crippen molar-refractivity contribution in [3.05, 3.63) is 65.6 Å². The Morgan fingerprint density at radius 3 is 2.65 bits per heavy atom. The molecule has 2 heterocycles. The molecule has 13 nitrogen and oxygen atoms in total. The molecule has 4 rings (SSSR count). The van der Waals surface area contributed by atoms with E-state index in [4.69, 9.17) is 20.5 Å². The molecule has 0 aliphatic heterocycles. The topological polar surface area (TPSA) is 186 Å². The summed E-state index contributed by atoms with van der Waals surface area (Å²) in [5.74, 6) is -3.36. The second-order valence-corrected chi connectivity index (χ2v) is 8.77. The van der Waals surface area contributed by atoms with E-state index in [9.17, 15) is 23.2 Å². The van der Waals surface area contributed by atoms with Crippen LogP contribution in [0.15, 0.2) is 42.9 Å². The normalized spacial score (nSPS) is 10.6. The van der Waals surface area contributed by atoms with Gasteiger partial charge >= 0.3 is 0 Å². The minimum atomic E-state index is -1.25. The van der Waals surface area contributed by atoms with Crippen LogP contribution in [0, 0.1) is 23.0 Å². The smallest absolute Gasteiger partial charge is 0.298 e. The zero-order valence-electron chi connectivity index (χ0n) is 22.8. The number of aromatic nitrogens is 3. The minimum absolute atomic E-state index is 0.0817. The number of anilines is 2. The number of carbonyl (C=O) groups excluding carboxylic acids is 3. The summed E-state index contributed by atoms with van der Waals surface area (Å²) in [6.45, 7) is 1.72. The Morgan fingerprint density at radius 1 is 1.14 bits per heavy atom. The van der Waals surface area contributed by atoms with Crippen LogP contribution in [0.5, 0.6) is 11.5 Å². The Bertz CT molecular complexity index is 1720. The summed E-state index contributed by atoms with van der Waals surface area (Å²) in [6.07, 6.45) is 4.56. The van der Waals surface area contributed by atoms with Crippen molar-refractivity contribution in [1.82, 2.24) is 25.0 Å². The van der Waals surface area contributed by atoms with Gasteiger partial charge < -0.3 is 31.2 Å². The van der Waals surface area contributed by atoms with E-state index >= 15 is 0 Å². The molecule has 2 aromatic heterocycles. The van der Waals surface area contributed by atoms with E-state index in [1.807, 2.05) is 0 Å². The average Bonchev–Trinajstić information content (AvgIpc) is 3.45. The second-order valence-electron chi connectivity index (χ2n) is 8.77. The number of nitriles is 1. The number of amides is 2. The van der Waals surface area contributed by atoms with Gasteiger partial charge in [-0.1, -0.05) is 6.92 Å². The van der Waals surface area contributed by atoms with Crippen LogP contribution in [0.3, 0.4) is 0 Å². The van der Waals surface area contributed by atoms with Crippen molar-refractivity contribution in [3.8, 4) is 28.8 Å². The van der Waals surface area contributed by atoms with Crippen LogP contribution in [-0.2, 0) is 16.0 Å². The minimum Gasteiger partial charge on any atom is -0.476 e. The molecule has 0 fully saturated rings. The molecule has 43 heavy (non-hydrogen) atoms. The Balaban J connectivity index is 1.65. The molecule has 2 aromatic carbocycles. The zero-order valence-corrected chi connectivity index (χ0v) is 22.8. The molecular formula is C28H26F2N8O5. The van der Waals surface area contributed by atoms with Gasteiger partial charge in [-0.25, -0.2) is 14.4 Å². The quantitative estimate of drug-likeness (QED) is 0.133. The molecule has 0 bridgehead atoms. The van der Waals surface area contributed by atoms with E-state index < -0.39 is 29.9 Å². The van der Waals surface area contributed by atoms with Gasteiger partial charge in [-0.15, -0.1) is 0 Å². The molecule has 0 aliphatic carbocycles. The monoisotopic (exact) mass is 592 g/mol. The molecular weight excluding hydrogens is 566 g/mol. The Hall–Kier alpha value is -5.62. The lowest BCUT2D eigenvalue weighted by Crippen LogP contribution is -2.37. The molecule has 4 aromatic rings. The maximum Gasteiger partial charge on any atom is 0.298 e. The standard InChI is InChI=1S/C28H26F2N8O5/c1-2-16-17(28(41)35-9-8-33-22(40)13-32)3-5-19(25(16)43-15-39)37-26-27-36-14-20(38(27)11-10-34-26)18-4-6-21(42-12-7-31)24(30)23(18)29/h3-6,10-11,14-15H,2,8-9,12-13,32H2,1H3,(H,33,40)(H,34,37)(H,35,41). The molecule has 222 valence electrons. The molecule has 0 unspecified atom stereocenters. The van der Waals surface area contributed by atoms with E-state index in [1.54, 1.807) is 13.0 Å². The third-order valence-electron chi connectivity index (χ3n) is 6.24. The van der Waals surface area contributed by atoms with Gasteiger partial charge in [0.05, 0.1) is 24.1 Å². The van der Waals surface area contributed by atoms with Crippen molar-refractivity contribution < 1.29 is 32.6 Å². The number of nitrogens with zero attached hydrogens (tertiary/aromatic N) is 4. The molecule has 0 atom stereocenters. The number of halogens is 2. The van der Waals surface area contributed by atoms with Gasteiger partial charge in [-0.3, -0.25) is 18.8 Å². The third-order valence-corrected chi connectivity index (χ3v) is 6.24. The van der Waals surface area contributed by atoms with Gasteiger partial charge in [0.25, 0.3) is 12.4 Å². The highest BCUT2D eigenvalue weighted by Crippen LogP contribution is 2.36. The maximum absolute atomic E-state index is 15.0. The van der Waals surface area contributed by atoms with E-state index in [1.165, 1.54) is 47.3 Å². The Morgan fingerprint density at radius 2 is 1.93 bits per heavy atom. The summed E-state index contributed by atoms with van der Waals surface area (Å²) in [5, 5.41) is 16.9. The van der Waals surface area contributed by atoms with Crippen LogP contribution < -0.4 is 31.2 Å². The fraction of sp³-hybridized carbons (Fsp3) is 0.214. The highest BCUT2D eigenvalue weighted by molar-refractivity contribution is 5.98. The highest BCUT2D eigenvalue weighted by atomic mass is 19.2. The molecule has 15 heteroatoms. The van der Waals surface area contributed by atoms with Crippen LogP contribution in [0.2, 0.25) is 0 Å². The van der Waals surface area contributed by atoms with Crippen molar-refractivity contribution >= 4 is 35.4 Å². The molecule has 0 saturated carbocycles. The van der Waals surface area contributed by atoms with Gasteiger partial charge in [0.15, 0.2) is 35.4 Å². The molecule has 0 saturated heterocycles. The summed E-state index contributed by atoms with van der Waals surface area (Å²) in [4.78, 5) is 44.2. The molecule has 0 spiro atoms. The van der Waals surface area contributed by atoms with Crippen LogP contribution in [0.1, 0.15) is 22.8 Å². The fourth-order valence-electron chi connectivity index (χ4n) is 4.30. The first kappa shape index (κ1) is 30.3. The van der Waals surface area contributed by atoms with Gasteiger partial charge in [-0.05, 0) is 30.7 Å². The molecule has 0 aliphatic rings. The third kappa shape index (κ3) is 6.49. The number of hydrogen-bond donors (Lipinski definition) is 4. The number of rotatable bonds is 13. The van der Waals surface area contributed by atoms with Crippen molar-refractivity contribution in [2.24, 2.45) is 5.73 Å². The summed E-state index contributed by atoms with van der Waals surface area (Å²) < 4.78 is 41.3. The first-order valence-corrected chi connectivity index (χ1v) is 12.9. The highest BCUT2D eigenvalue weighted by Gasteiger charge is 2.22. The van der Waals surface area contributed by atoms with Crippen molar-refractivity contribution in [2.45, 2.75) is 13.3 Å². The summed E-state index contributed by atoms with van der Waals surface area (Å²) >= 11 is 0. The molecule has 0 radical (unpaired) electrons. The van der Waals surface area contributed by atoms with Gasteiger partial charge in [0, 0.05) is 42.2 Å². The SMILES string of the molecule is CCc1c(C(=O)NCCNC(=O)CN)ccc(Nc2nccn3c(-c4ccc(OCC#N)c(F)c4F)cnc23)c1OC=O. The maximum atomic E-state index is 15.0. The largest absolute Gasteiger partial charge is 0.476 e. The lowest BCUT2D eigenvalue weighted by molar-refractivity contribution is -0.121. The number of imidazole rings is 1. The van der Waals surface area contributed by atoms with Crippen LogP contribution in [0.25, 0.3) is 16.9 Å². The van der Waals surface area contributed by atoms with Crippen LogP contribution >= 0.6 is 0 Å². The number of nitrogens with one attached hydrogen (secondary N) is 3. The number of nitrogens with two attached hydrogens (primary N) is 1. The Labute approximate surface area is 243 Å². The van der Waals surface area contributed by atoms with Gasteiger partial charge in [-0.2, -0.15) is 9.65 Å². The van der Waals surface area contributed by atoms with Crippen molar-refractivity contribution in [2.75, 3.05) is 31.6 Å². The number of fused-ring (bicyclic) bond motifs is 1. The number of benzene rings is 2. The Kier molecular flexibility index (Phi) is 9.76. The number of carbonyl (C=O) groups is 3. The van der Waals surface area contributed by atoms with Crippen molar-refractivity contribution in [3.63, 3.8) is 0 Å². The number of hydrogen-bond acceptors (Lipinski definition) is 10. The first-order chi connectivity index (χ1) is 20.8. The van der Waals surface area contributed by atoms with E-state index in [2.05, 4.69) is 25.9 Å².